The Morgan fingerprint density at radius 1 is 1.17 bits per heavy atom. The van der Waals surface area contributed by atoms with E-state index in [4.69, 9.17) is 0 Å². The first kappa shape index (κ1) is 19.7. The molecular weight excluding hydrogens is 398 g/mol. The van der Waals surface area contributed by atoms with Gasteiger partial charge in [-0.05, 0) is 72.3 Å². The number of nitrogens with one attached hydrogen (secondary N) is 1. The fourth-order valence-electron chi connectivity index (χ4n) is 3.07. The van der Waals surface area contributed by atoms with Crippen molar-refractivity contribution in [1.82, 2.24) is 9.88 Å². The lowest BCUT2D eigenvalue weighted by Crippen LogP contribution is -2.19. The highest BCUT2D eigenvalue weighted by Gasteiger charge is 2.24. The predicted octanol–water partition coefficient (Wildman–Crippen LogP) is 4.63. The van der Waals surface area contributed by atoms with Gasteiger partial charge in [-0.1, -0.05) is 25.1 Å². The highest BCUT2D eigenvalue weighted by Crippen LogP contribution is 2.29. The van der Waals surface area contributed by atoms with Gasteiger partial charge in [-0.2, -0.15) is 0 Å². The third kappa shape index (κ3) is 4.21. The number of nitrogens with zero attached hydrogens (tertiary/aromatic N) is 2. The number of carboxylic acids is 1. The number of carbonyl (C=O) groups is 2. The van der Waals surface area contributed by atoms with Crippen LogP contribution in [0.4, 0.5) is 5.69 Å². The number of amides is 1. The molecule has 0 radical (unpaired) electrons. The average Bonchev–Trinajstić information content (AvgIpc) is 3.35. The second-order valence-electron chi connectivity index (χ2n) is 6.66. The molecule has 150 valence electrons. The van der Waals surface area contributed by atoms with Gasteiger partial charge in [0.1, 0.15) is 0 Å². The third-order valence-electron chi connectivity index (χ3n) is 4.66. The Bertz CT molecular complexity index is 1180. The lowest BCUT2D eigenvalue weighted by Gasteiger charge is -2.07. The van der Waals surface area contributed by atoms with E-state index in [-0.39, 0.29) is 11.5 Å². The zero-order chi connectivity index (χ0) is 21.1. The number of thioether (sulfide) groups is 1. The second kappa shape index (κ2) is 8.42. The molecule has 1 aliphatic heterocycles. The highest BCUT2D eigenvalue weighted by atomic mass is 32.2. The monoisotopic (exact) mass is 417 g/mol. The standard InChI is InChI=1S/C23H19N3O3S/c1-2-15-8-10-17(11-9-15)24-23-25-21(27)20(30-23)14-19-7-4-12-26(19)18-6-3-5-16(13-18)22(28)29/h3-14H,2H2,1H3,(H,28,29)(H,24,25,27)/b20-14-. The first-order valence-corrected chi connectivity index (χ1v) is 10.2. The Hall–Kier alpha value is -3.58. The smallest absolute Gasteiger partial charge is 0.335 e. The Labute approximate surface area is 178 Å². The van der Waals surface area contributed by atoms with E-state index in [1.807, 2.05) is 53.2 Å². The molecule has 1 amide bonds. The number of carboxylic acid groups (broad SMARTS) is 1. The van der Waals surface area contributed by atoms with Crippen molar-refractivity contribution in [1.29, 1.82) is 0 Å². The van der Waals surface area contributed by atoms with Crippen LogP contribution in [0.25, 0.3) is 11.8 Å². The van der Waals surface area contributed by atoms with Crippen molar-refractivity contribution in [2.45, 2.75) is 13.3 Å². The van der Waals surface area contributed by atoms with Crippen molar-refractivity contribution in [3.05, 3.63) is 88.6 Å². The summed E-state index contributed by atoms with van der Waals surface area (Å²) in [6, 6.07) is 18.3. The summed E-state index contributed by atoms with van der Waals surface area (Å²) in [5.41, 5.74) is 3.69. The van der Waals surface area contributed by atoms with Gasteiger partial charge in [0.05, 0.1) is 16.2 Å². The number of benzene rings is 2. The number of carbonyl (C=O) groups excluding carboxylic acids is 1. The van der Waals surface area contributed by atoms with E-state index >= 15 is 0 Å². The van der Waals surface area contributed by atoms with Crippen molar-refractivity contribution in [3.63, 3.8) is 0 Å². The molecule has 1 aromatic heterocycles. The predicted molar refractivity (Wildman–Crippen MR) is 119 cm³/mol. The Morgan fingerprint density at radius 3 is 2.70 bits per heavy atom. The molecule has 0 aliphatic carbocycles. The van der Waals surface area contributed by atoms with Gasteiger partial charge >= 0.3 is 5.97 Å². The number of amidine groups is 1. The quantitative estimate of drug-likeness (QED) is 0.593. The first-order valence-electron chi connectivity index (χ1n) is 9.43. The average molecular weight is 417 g/mol. The maximum absolute atomic E-state index is 12.4. The summed E-state index contributed by atoms with van der Waals surface area (Å²) in [5.74, 6) is -1.20. The summed E-state index contributed by atoms with van der Waals surface area (Å²) in [4.78, 5) is 28.7. The van der Waals surface area contributed by atoms with E-state index in [0.29, 0.717) is 15.8 Å². The number of hydrogen-bond acceptors (Lipinski definition) is 4. The van der Waals surface area contributed by atoms with Crippen LogP contribution in [0, 0.1) is 0 Å². The minimum absolute atomic E-state index is 0.205. The molecule has 1 fully saturated rings. The molecule has 3 aromatic rings. The van der Waals surface area contributed by atoms with Crippen LogP contribution in [-0.2, 0) is 11.2 Å². The maximum atomic E-state index is 12.4. The van der Waals surface area contributed by atoms with Crippen LogP contribution in [0.5, 0.6) is 0 Å². The Kier molecular flexibility index (Phi) is 5.54. The molecule has 2 aromatic carbocycles. The van der Waals surface area contributed by atoms with Gasteiger partial charge < -0.3 is 15.0 Å². The van der Waals surface area contributed by atoms with Gasteiger partial charge in [0, 0.05) is 17.6 Å². The lowest BCUT2D eigenvalue weighted by molar-refractivity contribution is -0.115. The van der Waals surface area contributed by atoms with Gasteiger partial charge in [0.2, 0.25) is 0 Å². The van der Waals surface area contributed by atoms with E-state index in [0.717, 1.165) is 17.8 Å². The molecule has 4 rings (SSSR count). The molecule has 30 heavy (non-hydrogen) atoms. The Balaban J connectivity index is 1.59. The molecule has 0 unspecified atom stereocenters. The van der Waals surface area contributed by atoms with E-state index < -0.39 is 5.97 Å². The molecule has 0 saturated carbocycles. The SMILES string of the molecule is CCc1ccc(N=C2NC(=O)/C(=C/c3cccn3-c3cccc(C(=O)O)c3)S2)cc1. The molecule has 1 aliphatic rings. The van der Waals surface area contributed by atoms with Crippen molar-refractivity contribution >= 4 is 40.6 Å². The summed E-state index contributed by atoms with van der Waals surface area (Å²) < 4.78 is 1.84. The van der Waals surface area contributed by atoms with Gasteiger partial charge in [0.25, 0.3) is 5.91 Å². The summed E-state index contributed by atoms with van der Waals surface area (Å²) in [5, 5.41) is 12.6. The number of hydrogen-bond donors (Lipinski definition) is 2. The molecule has 0 bridgehead atoms. The summed E-state index contributed by atoms with van der Waals surface area (Å²) in [7, 11) is 0. The van der Waals surface area contributed by atoms with Crippen molar-refractivity contribution in [2.75, 3.05) is 0 Å². The molecule has 1 saturated heterocycles. The van der Waals surface area contributed by atoms with Gasteiger partial charge in [-0.3, -0.25) is 4.79 Å². The first-order chi connectivity index (χ1) is 14.5. The van der Waals surface area contributed by atoms with Gasteiger partial charge in [0.15, 0.2) is 5.17 Å². The largest absolute Gasteiger partial charge is 0.478 e. The normalized spacial score (nSPS) is 16.2. The Morgan fingerprint density at radius 2 is 1.97 bits per heavy atom. The molecule has 2 heterocycles. The van der Waals surface area contributed by atoms with E-state index in [2.05, 4.69) is 17.2 Å². The van der Waals surface area contributed by atoms with Crippen LogP contribution < -0.4 is 5.32 Å². The lowest BCUT2D eigenvalue weighted by atomic mass is 10.2. The number of aromatic nitrogens is 1. The third-order valence-corrected chi connectivity index (χ3v) is 5.57. The summed E-state index contributed by atoms with van der Waals surface area (Å²) in [6.45, 7) is 2.10. The fourth-order valence-corrected chi connectivity index (χ4v) is 3.90. The van der Waals surface area contributed by atoms with E-state index in [9.17, 15) is 14.7 Å². The number of aryl methyl sites for hydroxylation is 1. The van der Waals surface area contributed by atoms with Gasteiger partial charge in [-0.25, -0.2) is 9.79 Å². The maximum Gasteiger partial charge on any atom is 0.335 e. The fraction of sp³-hybridized carbons (Fsp3) is 0.0870. The van der Waals surface area contributed by atoms with Crippen LogP contribution in [0.1, 0.15) is 28.5 Å². The van der Waals surface area contributed by atoms with E-state index in [1.54, 1.807) is 24.3 Å². The van der Waals surface area contributed by atoms with Gasteiger partial charge in [-0.15, -0.1) is 0 Å². The molecule has 0 atom stereocenters. The van der Waals surface area contributed by atoms with Crippen LogP contribution in [-0.4, -0.2) is 26.7 Å². The number of aliphatic imine (C=N–C) groups is 1. The number of rotatable bonds is 5. The van der Waals surface area contributed by atoms with Crippen LogP contribution in [0.15, 0.2) is 76.8 Å². The molecule has 0 spiro atoms. The minimum atomic E-state index is -0.984. The van der Waals surface area contributed by atoms with Crippen molar-refractivity contribution in [2.24, 2.45) is 4.99 Å². The molecule has 2 N–H and O–H groups in total. The zero-order valence-corrected chi connectivity index (χ0v) is 17.0. The zero-order valence-electron chi connectivity index (χ0n) is 16.2. The molecular formula is C23H19N3O3S. The minimum Gasteiger partial charge on any atom is -0.478 e. The van der Waals surface area contributed by atoms with Crippen molar-refractivity contribution in [3.8, 4) is 5.69 Å². The van der Waals surface area contributed by atoms with Crippen LogP contribution in [0.2, 0.25) is 0 Å². The highest BCUT2D eigenvalue weighted by molar-refractivity contribution is 8.18. The molecule has 6 nitrogen and oxygen atoms in total. The van der Waals surface area contributed by atoms with E-state index in [1.165, 1.54) is 17.3 Å². The summed E-state index contributed by atoms with van der Waals surface area (Å²) >= 11 is 1.28. The summed E-state index contributed by atoms with van der Waals surface area (Å²) in [6.07, 6.45) is 4.57. The topological polar surface area (TPSA) is 83.7 Å². The molecule has 7 heteroatoms. The number of aromatic carboxylic acids is 1. The van der Waals surface area contributed by atoms with Crippen LogP contribution in [0.3, 0.4) is 0 Å². The van der Waals surface area contributed by atoms with Crippen molar-refractivity contribution < 1.29 is 14.7 Å². The second-order valence-corrected chi connectivity index (χ2v) is 7.69. The van der Waals surface area contributed by atoms with Crippen LogP contribution >= 0.6 is 11.8 Å².